The van der Waals surface area contributed by atoms with E-state index in [1.165, 1.54) is 11.6 Å². The van der Waals surface area contributed by atoms with Crippen LogP contribution in [0.5, 0.6) is 0 Å². The van der Waals surface area contributed by atoms with Crippen molar-refractivity contribution in [3.8, 4) is 0 Å². The summed E-state index contributed by atoms with van der Waals surface area (Å²) in [6.45, 7) is 3.72. The Bertz CT molecular complexity index is 426. The highest BCUT2D eigenvalue weighted by Gasteiger charge is 2.22. The minimum atomic E-state index is -1.06. The van der Waals surface area contributed by atoms with Crippen molar-refractivity contribution in [3.63, 3.8) is 0 Å². The predicted octanol–water partition coefficient (Wildman–Crippen LogP) is 0.545. The van der Waals surface area contributed by atoms with Gasteiger partial charge in [-0.1, -0.05) is 13.8 Å². The predicted molar refractivity (Wildman–Crippen MR) is 51.7 cm³/mol. The first-order chi connectivity index (χ1) is 6.37. The fourth-order valence-corrected chi connectivity index (χ4v) is 1.67. The van der Waals surface area contributed by atoms with E-state index in [4.69, 9.17) is 5.11 Å². The van der Waals surface area contributed by atoms with Gasteiger partial charge in [0, 0.05) is 14.1 Å². The molecule has 0 aliphatic carbocycles. The van der Waals surface area contributed by atoms with Crippen LogP contribution in [0.1, 0.15) is 35.9 Å². The van der Waals surface area contributed by atoms with Gasteiger partial charge in [0.2, 0.25) is 0 Å². The average Bonchev–Trinajstić information content (AvgIpc) is 2.29. The second-order valence-corrected chi connectivity index (χ2v) is 3.59. The first-order valence-corrected chi connectivity index (χ1v) is 4.36. The molecule has 0 fully saturated rings. The Balaban J connectivity index is 3.62. The lowest BCUT2D eigenvalue weighted by atomic mass is 10.1. The van der Waals surface area contributed by atoms with Gasteiger partial charge in [-0.05, 0) is 5.92 Å². The van der Waals surface area contributed by atoms with E-state index in [-0.39, 0.29) is 17.3 Å². The summed E-state index contributed by atoms with van der Waals surface area (Å²) in [6, 6.07) is 0. The van der Waals surface area contributed by atoms with Crippen molar-refractivity contribution in [2.45, 2.75) is 19.8 Å². The van der Waals surface area contributed by atoms with E-state index in [1.807, 2.05) is 13.8 Å². The van der Waals surface area contributed by atoms with E-state index in [2.05, 4.69) is 0 Å². The molecule has 5 heteroatoms. The number of rotatable bonds is 2. The van der Waals surface area contributed by atoms with E-state index in [0.29, 0.717) is 5.69 Å². The molecule has 0 radical (unpaired) electrons. The molecule has 0 amide bonds. The minimum absolute atomic E-state index is 0.0139. The minimum Gasteiger partial charge on any atom is -0.477 e. The molecule has 0 unspecified atom stereocenters. The van der Waals surface area contributed by atoms with Crippen LogP contribution in [0, 0.1) is 0 Å². The molecule has 0 aliphatic heterocycles. The zero-order valence-electron chi connectivity index (χ0n) is 8.74. The molecule has 1 aromatic heterocycles. The summed E-state index contributed by atoms with van der Waals surface area (Å²) in [5.74, 6) is -1.05. The number of nitrogens with zero attached hydrogens (tertiary/aromatic N) is 2. The van der Waals surface area contributed by atoms with Crippen molar-refractivity contribution in [2.75, 3.05) is 0 Å². The van der Waals surface area contributed by atoms with Gasteiger partial charge < -0.3 is 5.11 Å². The largest absolute Gasteiger partial charge is 0.477 e. The van der Waals surface area contributed by atoms with Crippen LogP contribution in [0.15, 0.2) is 4.79 Å². The molecule has 0 aromatic carbocycles. The molecule has 0 saturated carbocycles. The zero-order chi connectivity index (χ0) is 11.0. The van der Waals surface area contributed by atoms with Gasteiger partial charge in [-0.25, -0.2) is 9.59 Å². The fourth-order valence-electron chi connectivity index (χ4n) is 1.67. The fraction of sp³-hybridized carbons (Fsp3) is 0.556. The maximum Gasteiger partial charge on any atom is 0.354 e. The quantitative estimate of drug-likeness (QED) is 0.754. The van der Waals surface area contributed by atoms with Gasteiger partial charge in [-0.3, -0.25) is 9.13 Å². The van der Waals surface area contributed by atoms with E-state index in [0.717, 1.165) is 4.57 Å². The Labute approximate surface area is 81.6 Å². The zero-order valence-corrected chi connectivity index (χ0v) is 8.74. The number of carbonyl (C=O) groups is 1. The molecule has 5 nitrogen and oxygen atoms in total. The van der Waals surface area contributed by atoms with Crippen molar-refractivity contribution in [3.05, 3.63) is 21.9 Å². The van der Waals surface area contributed by atoms with Crippen LogP contribution in [-0.2, 0) is 14.1 Å². The molecule has 78 valence electrons. The number of carboxylic acids is 1. The second kappa shape index (κ2) is 3.32. The Morgan fingerprint density at radius 1 is 1.29 bits per heavy atom. The van der Waals surface area contributed by atoms with Crippen molar-refractivity contribution in [1.82, 2.24) is 9.13 Å². The van der Waals surface area contributed by atoms with E-state index in [1.54, 1.807) is 7.05 Å². The molecule has 0 saturated heterocycles. The van der Waals surface area contributed by atoms with Gasteiger partial charge in [-0.15, -0.1) is 0 Å². The van der Waals surface area contributed by atoms with Crippen LogP contribution in [-0.4, -0.2) is 20.2 Å². The summed E-state index contributed by atoms with van der Waals surface area (Å²) in [4.78, 5) is 22.4. The maximum atomic E-state index is 11.5. The van der Waals surface area contributed by atoms with Crippen molar-refractivity contribution >= 4 is 5.97 Å². The molecule has 14 heavy (non-hydrogen) atoms. The smallest absolute Gasteiger partial charge is 0.354 e. The Morgan fingerprint density at radius 2 is 1.79 bits per heavy atom. The molecule has 0 aliphatic rings. The number of carboxylic acid groups (broad SMARTS) is 1. The summed E-state index contributed by atoms with van der Waals surface area (Å²) in [5.41, 5.74) is 0.337. The van der Waals surface area contributed by atoms with Crippen LogP contribution in [0.25, 0.3) is 0 Å². The van der Waals surface area contributed by atoms with Gasteiger partial charge in [-0.2, -0.15) is 0 Å². The summed E-state index contributed by atoms with van der Waals surface area (Å²) in [6.07, 6.45) is 0. The van der Waals surface area contributed by atoms with Crippen LogP contribution in [0.2, 0.25) is 0 Å². The van der Waals surface area contributed by atoms with Gasteiger partial charge in [0.1, 0.15) is 0 Å². The Kier molecular flexibility index (Phi) is 2.51. The van der Waals surface area contributed by atoms with Crippen LogP contribution in [0.4, 0.5) is 0 Å². The number of hydrogen-bond donors (Lipinski definition) is 1. The monoisotopic (exact) mass is 198 g/mol. The lowest BCUT2D eigenvalue weighted by Gasteiger charge is -2.06. The first-order valence-electron chi connectivity index (χ1n) is 4.36. The van der Waals surface area contributed by atoms with E-state index < -0.39 is 5.97 Å². The molecule has 1 aromatic rings. The van der Waals surface area contributed by atoms with Gasteiger partial charge in [0.25, 0.3) is 0 Å². The first kappa shape index (κ1) is 10.6. The topological polar surface area (TPSA) is 64.2 Å². The standard InChI is InChI=1S/C9H14N2O3/c1-5(2)6-7(8(12)13)11(4)9(14)10(6)3/h5H,1-4H3,(H,12,13). The maximum absolute atomic E-state index is 11.5. The highest BCUT2D eigenvalue weighted by Crippen LogP contribution is 2.17. The molecule has 0 spiro atoms. The highest BCUT2D eigenvalue weighted by molar-refractivity contribution is 5.87. The molecule has 1 heterocycles. The van der Waals surface area contributed by atoms with E-state index >= 15 is 0 Å². The summed E-state index contributed by atoms with van der Waals surface area (Å²) in [5, 5.41) is 8.96. The van der Waals surface area contributed by atoms with Gasteiger partial charge in [0.05, 0.1) is 5.69 Å². The number of imidazole rings is 1. The van der Waals surface area contributed by atoms with E-state index in [9.17, 15) is 9.59 Å². The molecule has 0 atom stereocenters. The second-order valence-electron chi connectivity index (χ2n) is 3.59. The third kappa shape index (κ3) is 1.34. The SMILES string of the molecule is CC(C)c1c(C(=O)O)n(C)c(=O)n1C. The van der Waals surface area contributed by atoms with Crippen LogP contribution in [0.3, 0.4) is 0 Å². The number of aromatic nitrogens is 2. The lowest BCUT2D eigenvalue weighted by Crippen LogP contribution is -2.21. The summed E-state index contributed by atoms with van der Waals surface area (Å²) < 4.78 is 2.55. The van der Waals surface area contributed by atoms with Crippen molar-refractivity contribution in [2.24, 2.45) is 14.1 Å². The highest BCUT2D eigenvalue weighted by atomic mass is 16.4. The number of aromatic carboxylic acids is 1. The Morgan fingerprint density at radius 3 is 2.07 bits per heavy atom. The molecular weight excluding hydrogens is 184 g/mol. The normalized spacial score (nSPS) is 10.9. The molecular formula is C9H14N2O3. The van der Waals surface area contributed by atoms with Crippen LogP contribution >= 0.6 is 0 Å². The molecule has 0 bridgehead atoms. The van der Waals surface area contributed by atoms with Gasteiger partial charge >= 0.3 is 11.7 Å². The lowest BCUT2D eigenvalue weighted by molar-refractivity contribution is 0.0684. The third-order valence-electron chi connectivity index (χ3n) is 2.26. The van der Waals surface area contributed by atoms with Crippen LogP contribution < -0.4 is 5.69 Å². The molecule has 1 rings (SSSR count). The number of hydrogen-bond acceptors (Lipinski definition) is 2. The third-order valence-corrected chi connectivity index (χ3v) is 2.26. The van der Waals surface area contributed by atoms with Crippen molar-refractivity contribution < 1.29 is 9.90 Å². The average molecular weight is 198 g/mol. The summed E-state index contributed by atoms with van der Waals surface area (Å²) >= 11 is 0. The Hall–Kier alpha value is -1.52. The molecule has 1 N–H and O–H groups in total. The summed E-state index contributed by atoms with van der Waals surface area (Å²) in [7, 11) is 3.06. The van der Waals surface area contributed by atoms with Gasteiger partial charge in [0.15, 0.2) is 5.69 Å². The van der Waals surface area contributed by atoms with Crippen molar-refractivity contribution in [1.29, 1.82) is 0 Å².